The van der Waals surface area contributed by atoms with E-state index in [0.29, 0.717) is 11.4 Å². The van der Waals surface area contributed by atoms with Crippen LogP contribution in [0, 0.1) is 16.7 Å². The lowest BCUT2D eigenvalue weighted by Gasteiger charge is -2.15. The van der Waals surface area contributed by atoms with Gasteiger partial charge in [-0.3, -0.25) is 10.8 Å². The van der Waals surface area contributed by atoms with Gasteiger partial charge in [0.05, 0.1) is 11.4 Å². The maximum atomic E-state index is 8.57. The van der Waals surface area contributed by atoms with Gasteiger partial charge in [0.25, 0.3) is 0 Å². The van der Waals surface area contributed by atoms with Crippen molar-refractivity contribution in [2.45, 2.75) is 46.0 Å². The van der Waals surface area contributed by atoms with E-state index in [1.165, 1.54) is 46.7 Å². The van der Waals surface area contributed by atoms with Gasteiger partial charge in [0.15, 0.2) is 0 Å². The molecule has 2 N–H and O–H groups in total. The van der Waals surface area contributed by atoms with E-state index in [4.69, 9.17) is 10.8 Å². The van der Waals surface area contributed by atoms with E-state index in [1.54, 1.807) is 22.7 Å². The van der Waals surface area contributed by atoms with Crippen LogP contribution in [0.3, 0.4) is 0 Å². The lowest BCUT2D eigenvalue weighted by atomic mass is 9.92. The summed E-state index contributed by atoms with van der Waals surface area (Å²) in [5.74, 6) is 0.786. The highest BCUT2D eigenvalue weighted by molar-refractivity contribution is 7.23. The Labute approximate surface area is 197 Å². The smallest absolute Gasteiger partial charge is 0.0882 e. The van der Waals surface area contributed by atoms with E-state index in [0.717, 1.165) is 26.8 Å². The molecule has 1 aliphatic carbocycles. The molecule has 1 atom stereocenters. The van der Waals surface area contributed by atoms with Gasteiger partial charge in [-0.15, -0.1) is 34.0 Å². The van der Waals surface area contributed by atoms with E-state index in [1.807, 2.05) is 41.0 Å². The molecular weight excluding hydrogens is 437 g/mol. The van der Waals surface area contributed by atoms with Gasteiger partial charge in [-0.25, -0.2) is 0 Å². The topological polar surface area (TPSA) is 47.7 Å². The second-order valence-corrected chi connectivity index (χ2v) is 11.1. The van der Waals surface area contributed by atoms with Crippen LogP contribution in [-0.2, 0) is 6.42 Å². The quantitative estimate of drug-likeness (QED) is 0.297. The summed E-state index contributed by atoms with van der Waals surface area (Å²) in [6.07, 6.45) is 10.4. The predicted octanol–water partition coefficient (Wildman–Crippen LogP) is 8.82. The minimum absolute atomic E-state index is 0.311. The second-order valence-electron chi connectivity index (χ2n) is 7.94. The Morgan fingerprint density at radius 2 is 1.48 bits per heavy atom. The molecule has 0 saturated carbocycles. The third kappa shape index (κ3) is 4.89. The Morgan fingerprint density at radius 1 is 0.806 bits per heavy atom. The zero-order valence-corrected chi connectivity index (χ0v) is 20.5. The van der Waals surface area contributed by atoms with Crippen LogP contribution in [-0.4, -0.2) is 11.4 Å². The average molecular weight is 465 g/mol. The van der Waals surface area contributed by atoms with E-state index >= 15 is 0 Å². The van der Waals surface area contributed by atoms with Crippen LogP contribution >= 0.6 is 34.0 Å². The Bertz CT molecular complexity index is 1130. The zero-order valence-electron chi connectivity index (χ0n) is 18.0. The number of thiophene rings is 3. The fourth-order valence-electron chi connectivity index (χ4n) is 3.91. The molecule has 0 spiro atoms. The summed E-state index contributed by atoms with van der Waals surface area (Å²) in [5, 5.41) is 19.1. The highest BCUT2D eigenvalue weighted by atomic mass is 32.1. The first-order valence-corrected chi connectivity index (χ1v) is 13.4. The first-order chi connectivity index (χ1) is 15.1. The van der Waals surface area contributed by atoms with Crippen molar-refractivity contribution in [3.63, 3.8) is 0 Å². The van der Waals surface area contributed by atoms with Crippen LogP contribution in [0.25, 0.3) is 20.9 Å². The molecule has 2 nitrogen and oxygen atoms in total. The van der Waals surface area contributed by atoms with Crippen molar-refractivity contribution in [3.8, 4) is 9.75 Å². The third-order valence-corrected chi connectivity index (χ3v) is 9.13. The van der Waals surface area contributed by atoms with Gasteiger partial charge < -0.3 is 0 Å². The second kappa shape index (κ2) is 10.0. The van der Waals surface area contributed by atoms with Crippen molar-refractivity contribution in [3.05, 3.63) is 68.6 Å². The van der Waals surface area contributed by atoms with E-state index < -0.39 is 0 Å². The van der Waals surface area contributed by atoms with Gasteiger partial charge in [-0.2, -0.15) is 0 Å². The van der Waals surface area contributed by atoms with Crippen molar-refractivity contribution in [1.82, 2.24) is 0 Å². The third-order valence-electron chi connectivity index (χ3n) is 5.80. The van der Waals surface area contributed by atoms with E-state index in [-0.39, 0.29) is 0 Å². The molecule has 160 valence electrons. The normalized spacial score (nSPS) is 15.2. The maximum absolute atomic E-state index is 8.57. The first kappa shape index (κ1) is 22.1. The minimum Gasteiger partial charge on any atom is -0.298 e. The van der Waals surface area contributed by atoms with Crippen LogP contribution in [0.4, 0.5) is 0 Å². The molecule has 4 rings (SSSR count). The van der Waals surface area contributed by atoms with Gasteiger partial charge in [-0.05, 0) is 48.1 Å². The number of rotatable bonds is 9. The molecule has 3 aromatic heterocycles. The molecular formula is C26H28N2S3. The molecule has 0 fully saturated rings. The van der Waals surface area contributed by atoms with Gasteiger partial charge in [0.2, 0.25) is 0 Å². The molecule has 0 aliphatic heterocycles. The molecule has 0 aromatic carbocycles. The molecule has 0 bridgehead atoms. The highest BCUT2D eigenvalue weighted by Crippen LogP contribution is 2.39. The molecule has 3 aromatic rings. The number of nitrogens with one attached hydrogen (secondary N) is 2. The van der Waals surface area contributed by atoms with Crippen molar-refractivity contribution in [2.24, 2.45) is 5.92 Å². The Hall–Kier alpha value is -2.08. The van der Waals surface area contributed by atoms with Crippen molar-refractivity contribution < 1.29 is 0 Å². The zero-order chi connectivity index (χ0) is 21.8. The summed E-state index contributed by atoms with van der Waals surface area (Å²) in [7, 11) is 0. The molecule has 1 aliphatic rings. The fourth-order valence-corrected chi connectivity index (χ4v) is 6.92. The van der Waals surface area contributed by atoms with Gasteiger partial charge in [0, 0.05) is 35.5 Å². The van der Waals surface area contributed by atoms with Crippen LogP contribution in [0.15, 0.2) is 53.9 Å². The predicted molar refractivity (Wildman–Crippen MR) is 140 cm³/mol. The van der Waals surface area contributed by atoms with Gasteiger partial charge >= 0.3 is 0 Å². The van der Waals surface area contributed by atoms with Gasteiger partial charge in [0.1, 0.15) is 0 Å². The fraction of sp³-hybridized carbons (Fsp3) is 0.308. The number of hydrogen-bond acceptors (Lipinski definition) is 5. The summed E-state index contributed by atoms with van der Waals surface area (Å²) in [6.45, 7) is 4.58. The van der Waals surface area contributed by atoms with Crippen molar-refractivity contribution in [1.29, 1.82) is 10.8 Å². The average Bonchev–Trinajstić information content (AvgIpc) is 3.54. The molecule has 0 amide bonds. The largest absolute Gasteiger partial charge is 0.298 e. The Morgan fingerprint density at radius 3 is 2.16 bits per heavy atom. The van der Waals surface area contributed by atoms with Crippen LogP contribution in [0.2, 0.25) is 0 Å². The SMILES string of the molecule is CCCCC(CC)Cc1ccc(-c2ccc(C3=CC=C(c4cccs4)C(=N)C3=N)s2)s1. The van der Waals surface area contributed by atoms with Crippen LogP contribution in [0.1, 0.15) is 54.2 Å². The lowest BCUT2D eigenvalue weighted by Crippen LogP contribution is -2.17. The number of allylic oxidation sites excluding steroid dienone is 4. The molecule has 1 unspecified atom stereocenters. The van der Waals surface area contributed by atoms with Crippen molar-refractivity contribution in [2.75, 3.05) is 0 Å². The maximum Gasteiger partial charge on any atom is 0.0882 e. The standard InChI is InChI=1S/C26H28N2S3/c1-3-5-7-17(4-2)16-18-9-12-23(30-18)24-14-13-22(31-24)20-11-10-19(25(27)26(20)28)21-8-6-15-29-21/h6,8-15,17,27-28H,3-5,7,16H2,1-2H3. The summed E-state index contributed by atoms with van der Waals surface area (Å²) in [6, 6.07) is 12.8. The van der Waals surface area contributed by atoms with Crippen LogP contribution in [0.5, 0.6) is 0 Å². The Balaban J connectivity index is 1.52. The highest BCUT2D eigenvalue weighted by Gasteiger charge is 2.23. The lowest BCUT2D eigenvalue weighted by molar-refractivity contribution is 0.452. The molecule has 5 heteroatoms. The monoisotopic (exact) mass is 464 g/mol. The summed E-state index contributed by atoms with van der Waals surface area (Å²) in [4.78, 5) is 6.15. The number of hydrogen-bond donors (Lipinski definition) is 2. The van der Waals surface area contributed by atoms with Gasteiger partial charge in [-0.1, -0.05) is 57.7 Å². The van der Waals surface area contributed by atoms with Crippen LogP contribution < -0.4 is 0 Å². The summed E-state index contributed by atoms with van der Waals surface area (Å²) < 4.78 is 0. The Kier molecular flexibility index (Phi) is 7.16. The molecule has 31 heavy (non-hydrogen) atoms. The van der Waals surface area contributed by atoms with E-state index in [9.17, 15) is 0 Å². The number of unbranched alkanes of at least 4 members (excludes halogenated alkanes) is 1. The molecule has 0 radical (unpaired) electrons. The van der Waals surface area contributed by atoms with E-state index in [2.05, 4.69) is 38.1 Å². The minimum atomic E-state index is 0.311. The molecule has 3 heterocycles. The first-order valence-electron chi connectivity index (χ1n) is 10.9. The molecule has 0 saturated heterocycles. The van der Waals surface area contributed by atoms with Crippen molar-refractivity contribution >= 4 is 56.6 Å². The summed E-state index contributed by atoms with van der Waals surface area (Å²) in [5.41, 5.74) is 2.32. The summed E-state index contributed by atoms with van der Waals surface area (Å²) >= 11 is 5.25.